The van der Waals surface area contributed by atoms with Gasteiger partial charge in [0.15, 0.2) is 5.78 Å². The molecule has 0 N–H and O–H groups in total. The fourth-order valence-electron chi connectivity index (χ4n) is 1.60. The molecule has 0 aliphatic heterocycles. The Kier molecular flexibility index (Phi) is 3.33. The third-order valence-electron chi connectivity index (χ3n) is 2.43. The molecular formula is C13H12FNOS. The van der Waals surface area contributed by atoms with E-state index < -0.39 is 5.82 Å². The van der Waals surface area contributed by atoms with Crippen LogP contribution in [0.3, 0.4) is 0 Å². The molecule has 2 rings (SSSR count). The van der Waals surface area contributed by atoms with Crippen molar-refractivity contribution in [2.45, 2.75) is 20.3 Å². The third kappa shape index (κ3) is 2.77. The average Bonchev–Trinajstić information content (AvgIpc) is 2.63. The van der Waals surface area contributed by atoms with Crippen LogP contribution in [0.2, 0.25) is 0 Å². The van der Waals surface area contributed by atoms with E-state index in [9.17, 15) is 9.18 Å². The lowest BCUT2D eigenvalue weighted by molar-refractivity contribution is 0.0988. The number of carbonyl (C=O) groups is 1. The van der Waals surface area contributed by atoms with Crippen LogP contribution < -0.4 is 0 Å². The second-order valence-electron chi connectivity index (χ2n) is 3.94. The molecule has 1 heterocycles. The number of rotatable bonds is 3. The van der Waals surface area contributed by atoms with Gasteiger partial charge < -0.3 is 0 Å². The zero-order valence-corrected chi connectivity index (χ0v) is 10.5. The first-order valence-corrected chi connectivity index (χ1v) is 6.14. The van der Waals surface area contributed by atoms with Gasteiger partial charge in [0.25, 0.3) is 0 Å². The molecule has 0 unspecified atom stereocenters. The van der Waals surface area contributed by atoms with Crippen LogP contribution in [-0.2, 0) is 6.42 Å². The van der Waals surface area contributed by atoms with Crippen molar-refractivity contribution < 1.29 is 9.18 Å². The van der Waals surface area contributed by atoms with Gasteiger partial charge in [0.2, 0.25) is 0 Å². The molecule has 1 aromatic carbocycles. The van der Waals surface area contributed by atoms with E-state index in [0.29, 0.717) is 5.69 Å². The van der Waals surface area contributed by atoms with Crippen molar-refractivity contribution in [1.82, 2.24) is 4.98 Å². The quantitative estimate of drug-likeness (QED) is 0.781. The van der Waals surface area contributed by atoms with Gasteiger partial charge >= 0.3 is 0 Å². The van der Waals surface area contributed by atoms with Crippen molar-refractivity contribution in [3.8, 4) is 0 Å². The van der Waals surface area contributed by atoms with Gasteiger partial charge in [0.05, 0.1) is 22.7 Å². The predicted octanol–water partition coefficient (Wildman–Crippen LogP) is 3.32. The monoisotopic (exact) mass is 249 g/mol. The number of aromatic nitrogens is 1. The lowest BCUT2D eigenvalue weighted by Gasteiger charge is -2.02. The number of hydrogen-bond acceptors (Lipinski definition) is 3. The van der Waals surface area contributed by atoms with Crippen LogP contribution in [0.4, 0.5) is 4.39 Å². The fourth-order valence-corrected chi connectivity index (χ4v) is 2.21. The molecule has 0 saturated heterocycles. The largest absolute Gasteiger partial charge is 0.294 e. The van der Waals surface area contributed by atoms with Crippen LogP contribution in [-0.4, -0.2) is 10.8 Å². The molecule has 0 radical (unpaired) electrons. The lowest BCUT2D eigenvalue weighted by Crippen LogP contribution is -2.06. The van der Waals surface area contributed by atoms with E-state index in [1.54, 1.807) is 13.0 Å². The highest BCUT2D eigenvalue weighted by Crippen LogP contribution is 2.15. The summed E-state index contributed by atoms with van der Waals surface area (Å²) in [7, 11) is 0. The predicted molar refractivity (Wildman–Crippen MR) is 66.0 cm³/mol. The van der Waals surface area contributed by atoms with Crippen molar-refractivity contribution in [1.29, 1.82) is 0 Å². The maximum Gasteiger partial charge on any atom is 0.171 e. The van der Waals surface area contributed by atoms with E-state index in [2.05, 4.69) is 4.98 Å². The van der Waals surface area contributed by atoms with Crippen molar-refractivity contribution in [2.24, 2.45) is 0 Å². The van der Waals surface area contributed by atoms with E-state index >= 15 is 0 Å². The topological polar surface area (TPSA) is 30.0 Å². The number of Topliss-reactive ketones (excluding diaryl/α,β-unsaturated/α-hetero) is 1. The molecule has 2 aromatic rings. The Labute approximate surface area is 103 Å². The number of halogens is 1. The SMILES string of the molecule is Cc1ccc(C(=O)Cc2csc(C)n2)c(F)c1. The summed E-state index contributed by atoms with van der Waals surface area (Å²) >= 11 is 1.49. The van der Waals surface area contributed by atoms with Gasteiger partial charge in [-0.15, -0.1) is 11.3 Å². The first kappa shape index (κ1) is 11.9. The molecule has 0 aliphatic carbocycles. The molecule has 0 saturated carbocycles. The standard InChI is InChI=1S/C13H12FNOS/c1-8-3-4-11(12(14)5-8)13(16)6-10-7-17-9(2)15-10/h3-5,7H,6H2,1-2H3. The minimum Gasteiger partial charge on any atom is -0.294 e. The maximum atomic E-state index is 13.6. The summed E-state index contributed by atoms with van der Waals surface area (Å²) in [6, 6.07) is 4.65. The van der Waals surface area contributed by atoms with E-state index in [1.807, 2.05) is 12.3 Å². The van der Waals surface area contributed by atoms with Crippen LogP contribution in [0.5, 0.6) is 0 Å². The summed E-state index contributed by atoms with van der Waals surface area (Å²) in [6.45, 7) is 3.67. The van der Waals surface area contributed by atoms with Gasteiger partial charge in [-0.25, -0.2) is 9.37 Å². The Morgan fingerprint density at radius 3 is 2.76 bits per heavy atom. The van der Waals surface area contributed by atoms with Crippen LogP contribution in [0.1, 0.15) is 26.6 Å². The number of ketones is 1. The van der Waals surface area contributed by atoms with E-state index in [4.69, 9.17) is 0 Å². The van der Waals surface area contributed by atoms with Crippen LogP contribution in [0.15, 0.2) is 23.6 Å². The minimum atomic E-state index is -0.457. The maximum absolute atomic E-state index is 13.6. The molecule has 0 spiro atoms. The molecule has 17 heavy (non-hydrogen) atoms. The zero-order valence-electron chi connectivity index (χ0n) is 9.66. The Morgan fingerprint density at radius 1 is 1.41 bits per heavy atom. The van der Waals surface area contributed by atoms with Crippen molar-refractivity contribution in [3.05, 3.63) is 51.2 Å². The summed E-state index contributed by atoms with van der Waals surface area (Å²) in [4.78, 5) is 16.1. The Morgan fingerprint density at radius 2 is 2.18 bits per heavy atom. The molecule has 0 aliphatic rings. The highest BCUT2D eigenvalue weighted by atomic mass is 32.1. The van der Waals surface area contributed by atoms with Crippen LogP contribution in [0.25, 0.3) is 0 Å². The zero-order chi connectivity index (χ0) is 12.4. The number of nitrogens with zero attached hydrogens (tertiary/aromatic N) is 1. The lowest BCUT2D eigenvalue weighted by atomic mass is 10.0. The smallest absolute Gasteiger partial charge is 0.171 e. The number of carbonyl (C=O) groups excluding carboxylic acids is 1. The number of benzene rings is 1. The van der Waals surface area contributed by atoms with Gasteiger partial charge in [0, 0.05) is 5.38 Å². The molecule has 0 atom stereocenters. The normalized spacial score (nSPS) is 10.5. The molecule has 1 aromatic heterocycles. The van der Waals surface area contributed by atoms with Gasteiger partial charge in [-0.1, -0.05) is 6.07 Å². The van der Waals surface area contributed by atoms with Crippen molar-refractivity contribution in [3.63, 3.8) is 0 Å². The summed E-state index contributed by atoms with van der Waals surface area (Å²) in [6.07, 6.45) is 0.157. The summed E-state index contributed by atoms with van der Waals surface area (Å²) in [5.41, 5.74) is 1.65. The highest BCUT2D eigenvalue weighted by molar-refractivity contribution is 7.09. The molecule has 4 heteroatoms. The third-order valence-corrected chi connectivity index (χ3v) is 3.26. The molecular weight excluding hydrogens is 237 g/mol. The minimum absolute atomic E-state index is 0.140. The fraction of sp³-hybridized carbons (Fsp3) is 0.231. The van der Waals surface area contributed by atoms with Crippen molar-refractivity contribution in [2.75, 3.05) is 0 Å². The second kappa shape index (κ2) is 4.75. The van der Waals surface area contributed by atoms with Gasteiger partial charge in [-0.05, 0) is 31.5 Å². The van der Waals surface area contributed by atoms with E-state index in [0.717, 1.165) is 10.6 Å². The van der Waals surface area contributed by atoms with Gasteiger partial charge in [-0.3, -0.25) is 4.79 Å². The Hall–Kier alpha value is -1.55. The van der Waals surface area contributed by atoms with Crippen LogP contribution >= 0.6 is 11.3 Å². The molecule has 2 nitrogen and oxygen atoms in total. The molecule has 0 fully saturated rings. The number of aryl methyl sites for hydroxylation is 2. The Balaban J connectivity index is 2.20. The summed E-state index contributed by atoms with van der Waals surface area (Å²) in [5.74, 6) is -0.685. The first-order chi connectivity index (χ1) is 8.06. The average molecular weight is 249 g/mol. The van der Waals surface area contributed by atoms with E-state index in [1.165, 1.54) is 23.5 Å². The molecule has 0 amide bonds. The van der Waals surface area contributed by atoms with Gasteiger partial charge in [0.1, 0.15) is 5.82 Å². The number of thiazole rings is 1. The number of hydrogen-bond donors (Lipinski definition) is 0. The second-order valence-corrected chi connectivity index (χ2v) is 5.00. The highest BCUT2D eigenvalue weighted by Gasteiger charge is 2.13. The molecule has 0 bridgehead atoms. The van der Waals surface area contributed by atoms with Crippen LogP contribution in [0, 0.1) is 19.7 Å². The van der Waals surface area contributed by atoms with E-state index in [-0.39, 0.29) is 17.8 Å². The molecule has 88 valence electrons. The summed E-state index contributed by atoms with van der Waals surface area (Å²) in [5, 5.41) is 2.75. The Bertz CT molecular complexity index is 562. The summed E-state index contributed by atoms with van der Waals surface area (Å²) < 4.78 is 13.6. The first-order valence-electron chi connectivity index (χ1n) is 5.26. The van der Waals surface area contributed by atoms with Gasteiger partial charge in [-0.2, -0.15) is 0 Å². The van der Waals surface area contributed by atoms with Crippen molar-refractivity contribution >= 4 is 17.1 Å².